The fourth-order valence-electron chi connectivity index (χ4n) is 2.38. The van der Waals surface area contributed by atoms with E-state index in [0.29, 0.717) is 0 Å². The standard InChI is InChI=1S/C19H37NO2/c1-3-4-5-6-7-8-9-10-11-12-13-14-15-16-17-18-19(20-21)22-2/h7-8,10-11,19-21H,3-6,9,12-18H2,1-2H3/b8-7+,11-10-. The Morgan fingerprint density at radius 2 is 1.45 bits per heavy atom. The van der Waals surface area contributed by atoms with Crippen molar-refractivity contribution in [2.75, 3.05) is 7.11 Å². The second-order valence-corrected chi connectivity index (χ2v) is 5.87. The maximum atomic E-state index is 8.75. The topological polar surface area (TPSA) is 41.5 Å². The Bertz CT molecular complexity index is 260. The van der Waals surface area contributed by atoms with Gasteiger partial charge in [-0.05, 0) is 44.9 Å². The van der Waals surface area contributed by atoms with Crippen LogP contribution in [0, 0.1) is 0 Å². The van der Waals surface area contributed by atoms with Crippen molar-refractivity contribution in [3.63, 3.8) is 0 Å². The molecule has 0 aliphatic heterocycles. The molecule has 0 aromatic heterocycles. The minimum atomic E-state index is -0.210. The van der Waals surface area contributed by atoms with Crippen molar-refractivity contribution >= 4 is 0 Å². The summed E-state index contributed by atoms with van der Waals surface area (Å²) in [5, 5.41) is 8.75. The Kier molecular flexibility index (Phi) is 17.9. The third-order valence-corrected chi connectivity index (χ3v) is 3.85. The quantitative estimate of drug-likeness (QED) is 0.165. The molecule has 1 unspecified atom stereocenters. The van der Waals surface area contributed by atoms with Crippen LogP contribution in [0.1, 0.15) is 84.0 Å². The Labute approximate surface area is 137 Å². The minimum absolute atomic E-state index is 0.210. The van der Waals surface area contributed by atoms with Gasteiger partial charge in [0.1, 0.15) is 6.23 Å². The average molecular weight is 312 g/mol. The summed E-state index contributed by atoms with van der Waals surface area (Å²) >= 11 is 0. The first-order valence-corrected chi connectivity index (χ1v) is 9.07. The number of unbranched alkanes of at least 4 members (excludes halogenated alkanes) is 8. The van der Waals surface area contributed by atoms with Gasteiger partial charge in [0.25, 0.3) is 0 Å². The highest BCUT2D eigenvalue weighted by molar-refractivity contribution is 4.92. The van der Waals surface area contributed by atoms with Gasteiger partial charge in [-0.25, -0.2) is 0 Å². The van der Waals surface area contributed by atoms with E-state index in [0.717, 1.165) is 19.3 Å². The summed E-state index contributed by atoms with van der Waals surface area (Å²) in [5.74, 6) is 0. The maximum absolute atomic E-state index is 8.75. The first-order chi connectivity index (χ1) is 10.8. The summed E-state index contributed by atoms with van der Waals surface area (Å²) in [4.78, 5) is 0. The summed E-state index contributed by atoms with van der Waals surface area (Å²) in [6.45, 7) is 2.25. The van der Waals surface area contributed by atoms with E-state index >= 15 is 0 Å². The van der Waals surface area contributed by atoms with Gasteiger partial charge in [0, 0.05) is 7.11 Å². The van der Waals surface area contributed by atoms with E-state index < -0.39 is 0 Å². The number of nitrogens with one attached hydrogen (secondary N) is 1. The zero-order chi connectivity index (χ0) is 16.3. The first kappa shape index (κ1) is 21.4. The molecular weight excluding hydrogens is 274 g/mol. The summed E-state index contributed by atoms with van der Waals surface area (Å²) in [6.07, 6.45) is 23.5. The number of hydrogen-bond donors (Lipinski definition) is 2. The Morgan fingerprint density at radius 1 is 0.864 bits per heavy atom. The van der Waals surface area contributed by atoms with Crippen LogP contribution >= 0.6 is 0 Å². The van der Waals surface area contributed by atoms with Crippen LogP contribution < -0.4 is 5.48 Å². The van der Waals surface area contributed by atoms with Gasteiger partial charge in [0.05, 0.1) is 0 Å². The van der Waals surface area contributed by atoms with Crippen molar-refractivity contribution in [3.05, 3.63) is 24.3 Å². The SMILES string of the molecule is CCCCC/C=C/C/C=C\CCCCCCCC(NO)OC. The molecule has 2 N–H and O–H groups in total. The number of allylic oxidation sites excluding steroid dienone is 4. The fraction of sp³-hybridized carbons (Fsp3) is 0.789. The highest BCUT2D eigenvalue weighted by Gasteiger charge is 2.03. The van der Waals surface area contributed by atoms with Gasteiger partial charge in [-0.15, -0.1) is 0 Å². The number of methoxy groups -OCH3 is 1. The molecule has 22 heavy (non-hydrogen) atoms. The molecule has 0 amide bonds. The molecule has 1 atom stereocenters. The molecule has 0 fully saturated rings. The first-order valence-electron chi connectivity index (χ1n) is 9.07. The zero-order valence-electron chi connectivity index (χ0n) is 14.7. The summed E-state index contributed by atoms with van der Waals surface area (Å²) in [5.41, 5.74) is 2.16. The molecule has 0 aliphatic carbocycles. The van der Waals surface area contributed by atoms with Crippen LogP contribution in [0.15, 0.2) is 24.3 Å². The van der Waals surface area contributed by atoms with Gasteiger partial charge in [0.15, 0.2) is 0 Å². The van der Waals surface area contributed by atoms with Crippen molar-refractivity contribution in [2.45, 2.75) is 90.2 Å². The summed E-state index contributed by atoms with van der Waals surface area (Å²) in [7, 11) is 1.61. The van der Waals surface area contributed by atoms with E-state index in [4.69, 9.17) is 9.94 Å². The van der Waals surface area contributed by atoms with E-state index in [2.05, 4.69) is 36.7 Å². The highest BCUT2D eigenvalue weighted by Crippen LogP contribution is 2.09. The molecular formula is C19H37NO2. The van der Waals surface area contributed by atoms with Crippen LogP contribution in [-0.4, -0.2) is 18.5 Å². The second-order valence-electron chi connectivity index (χ2n) is 5.87. The molecule has 0 rings (SSSR count). The molecule has 0 radical (unpaired) electrons. The molecule has 0 bridgehead atoms. The third-order valence-electron chi connectivity index (χ3n) is 3.85. The normalized spacial score (nSPS) is 13.4. The lowest BCUT2D eigenvalue weighted by Crippen LogP contribution is -2.27. The third kappa shape index (κ3) is 15.7. The van der Waals surface area contributed by atoms with E-state index in [1.54, 1.807) is 7.11 Å². The molecule has 0 heterocycles. The van der Waals surface area contributed by atoms with Gasteiger partial charge in [-0.2, -0.15) is 5.48 Å². The molecule has 3 nitrogen and oxygen atoms in total. The Hall–Kier alpha value is -0.640. The van der Waals surface area contributed by atoms with Crippen molar-refractivity contribution in [1.29, 1.82) is 0 Å². The number of hydroxylamine groups is 1. The largest absolute Gasteiger partial charge is 0.365 e. The summed E-state index contributed by atoms with van der Waals surface area (Å²) in [6, 6.07) is 0. The lowest BCUT2D eigenvalue weighted by molar-refractivity contribution is -0.0331. The van der Waals surface area contributed by atoms with E-state index in [-0.39, 0.29) is 6.23 Å². The monoisotopic (exact) mass is 311 g/mol. The van der Waals surface area contributed by atoms with Gasteiger partial charge >= 0.3 is 0 Å². The van der Waals surface area contributed by atoms with Crippen LogP contribution in [0.3, 0.4) is 0 Å². The zero-order valence-corrected chi connectivity index (χ0v) is 14.7. The van der Waals surface area contributed by atoms with Crippen LogP contribution in [0.5, 0.6) is 0 Å². The van der Waals surface area contributed by atoms with Crippen molar-refractivity contribution in [2.24, 2.45) is 0 Å². The number of hydrogen-bond acceptors (Lipinski definition) is 3. The predicted molar refractivity (Wildman–Crippen MR) is 95.1 cm³/mol. The minimum Gasteiger partial charge on any atom is -0.365 e. The van der Waals surface area contributed by atoms with E-state index in [1.165, 1.54) is 57.8 Å². The molecule has 0 aliphatic rings. The summed E-state index contributed by atoms with van der Waals surface area (Å²) < 4.78 is 5.04. The fourth-order valence-corrected chi connectivity index (χ4v) is 2.38. The predicted octanol–water partition coefficient (Wildman–Crippen LogP) is 5.75. The number of ether oxygens (including phenoxy) is 1. The Morgan fingerprint density at radius 3 is 2.05 bits per heavy atom. The second kappa shape index (κ2) is 18.4. The molecule has 0 aromatic carbocycles. The van der Waals surface area contributed by atoms with E-state index in [1.807, 2.05) is 0 Å². The van der Waals surface area contributed by atoms with Crippen LogP contribution in [0.2, 0.25) is 0 Å². The van der Waals surface area contributed by atoms with Gasteiger partial charge in [-0.3, -0.25) is 0 Å². The smallest absolute Gasteiger partial charge is 0.129 e. The lowest BCUT2D eigenvalue weighted by atomic mass is 10.1. The van der Waals surface area contributed by atoms with Crippen molar-refractivity contribution < 1.29 is 9.94 Å². The van der Waals surface area contributed by atoms with Crippen LogP contribution in [0.4, 0.5) is 0 Å². The molecule has 0 spiro atoms. The van der Waals surface area contributed by atoms with Crippen molar-refractivity contribution in [3.8, 4) is 0 Å². The molecule has 0 saturated heterocycles. The van der Waals surface area contributed by atoms with Crippen molar-refractivity contribution in [1.82, 2.24) is 5.48 Å². The maximum Gasteiger partial charge on any atom is 0.129 e. The lowest BCUT2D eigenvalue weighted by Gasteiger charge is -2.12. The average Bonchev–Trinajstić information content (AvgIpc) is 2.55. The Balaban J connectivity index is 3.23. The molecule has 0 aromatic rings. The van der Waals surface area contributed by atoms with Gasteiger partial charge < -0.3 is 9.94 Å². The number of rotatable bonds is 16. The van der Waals surface area contributed by atoms with Gasteiger partial charge in [-0.1, -0.05) is 63.3 Å². The molecule has 0 saturated carbocycles. The van der Waals surface area contributed by atoms with E-state index in [9.17, 15) is 0 Å². The molecule has 130 valence electrons. The van der Waals surface area contributed by atoms with Crippen LogP contribution in [-0.2, 0) is 4.74 Å². The van der Waals surface area contributed by atoms with Crippen LogP contribution in [0.25, 0.3) is 0 Å². The highest BCUT2D eigenvalue weighted by atomic mass is 16.6. The molecule has 3 heteroatoms. The van der Waals surface area contributed by atoms with Gasteiger partial charge in [0.2, 0.25) is 0 Å².